The van der Waals surface area contributed by atoms with Gasteiger partial charge in [0.25, 0.3) is 0 Å². The number of aliphatic hydroxyl groups excluding tert-OH is 1. The van der Waals surface area contributed by atoms with Crippen molar-refractivity contribution in [2.45, 2.75) is 43.0 Å². The third kappa shape index (κ3) is 3.87. The minimum Gasteiger partial charge on any atom is -0.398 e. The van der Waals surface area contributed by atoms with E-state index in [0.717, 1.165) is 18.5 Å². The number of hydrogen-bond donors (Lipinski definition) is 3. The molecule has 0 aromatic heterocycles. The van der Waals surface area contributed by atoms with E-state index in [1.807, 2.05) is 0 Å². The van der Waals surface area contributed by atoms with Gasteiger partial charge in [0.2, 0.25) is 10.0 Å². The van der Waals surface area contributed by atoms with Crippen LogP contribution in [0, 0.1) is 0 Å². The number of sulfonamides is 1. The van der Waals surface area contributed by atoms with Crippen molar-refractivity contribution >= 4 is 21.4 Å². The Labute approximate surface area is 125 Å². The first-order valence-corrected chi connectivity index (χ1v) is 8.78. The van der Waals surface area contributed by atoms with Crippen LogP contribution in [0.25, 0.3) is 0 Å². The van der Waals surface area contributed by atoms with Gasteiger partial charge in [-0.3, -0.25) is 0 Å². The molecule has 1 aliphatic carbocycles. The Morgan fingerprint density at radius 3 is 2.43 bits per heavy atom. The zero-order valence-corrected chi connectivity index (χ0v) is 12.8. The van der Waals surface area contributed by atoms with E-state index < -0.39 is 10.0 Å². The fraction of sp³-hybridized carbons (Fsp3) is 0.571. The lowest BCUT2D eigenvalue weighted by Crippen LogP contribution is -2.39. The lowest BCUT2D eigenvalue weighted by molar-refractivity contribution is 0.290. The van der Waals surface area contributed by atoms with Gasteiger partial charge in [-0.25, -0.2) is 13.6 Å². The van der Waals surface area contributed by atoms with Gasteiger partial charge in [-0.1, -0.05) is 19.3 Å². The molecule has 6 nitrogen and oxygen atoms in total. The third-order valence-electron chi connectivity index (χ3n) is 3.99. The molecule has 0 atom stereocenters. The van der Waals surface area contributed by atoms with E-state index in [2.05, 4.69) is 4.90 Å². The standard InChI is InChI=1S/C14H23N3O3S/c15-13-10-12(6-7-14(13)21(16,19)20)17(8-9-18)11-4-2-1-3-5-11/h6-7,10-11,18H,1-5,8-9,15H2,(H2,16,19,20). The summed E-state index contributed by atoms with van der Waals surface area (Å²) in [5, 5.41) is 14.4. The van der Waals surface area contributed by atoms with Crippen LogP contribution >= 0.6 is 0 Å². The van der Waals surface area contributed by atoms with E-state index in [-0.39, 0.29) is 17.2 Å². The fourth-order valence-electron chi connectivity index (χ4n) is 3.00. The van der Waals surface area contributed by atoms with E-state index >= 15 is 0 Å². The Hall–Kier alpha value is -1.31. The number of aliphatic hydroxyl groups is 1. The van der Waals surface area contributed by atoms with Gasteiger partial charge >= 0.3 is 0 Å². The summed E-state index contributed by atoms with van der Waals surface area (Å²) in [6.45, 7) is 0.562. The van der Waals surface area contributed by atoms with Crippen molar-refractivity contribution in [1.82, 2.24) is 0 Å². The average molecular weight is 313 g/mol. The van der Waals surface area contributed by atoms with Crippen molar-refractivity contribution in [3.63, 3.8) is 0 Å². The summed E-state index contributed by atoms with van der Waals surface area (Å²) in [6, 6.07) is 5.14. The largest absolute Gasteiger partial charge is 0.398 e. The molecule has 1 aliphatic rings. The molecule has 1 saturated carbocycles. The smallest absolute Gasteiger partial charge is 0.240 e. The Morgan fingerprint density at radius 1 is 1.24 bits per heavy atom. The lowest BCUT2D eigenvalue weighted by Gasteiger charge is -2.36. The summed E-state index contributed by atoms with van der Waals surface area (Å²) in [6.07, 6.45) is 5.76. The molecule has 2 rings (SSSR count). The van der Waals surface area contributed by atoms with Crippen molar-refractivity contribution < 1.29 is 13.5 Å². The monoisotopic (exact) mass is 313 g/mol. The number of anilines is 2. The topological polar surface area (TPSA) is 110 Å². The van der Waals surface area contributed by atoms with Gasteiger partial charge in [-0.2, -0.15) is 0 Å². The van der Waals surface area contributed by atoms with Crippen LogP contribution in [0.5, 0.6) is 0 Å². The molecule has 0 saturated heterocycles. The number of benzene rings is 1. The zero-order chi connectivity index (χ0) is 15.5. The highest BCUT2D eigenvalue weighted by atomic mass is 32.2. The van der Waals surface area contributed by atoms with Gasteiger partial charge < -0.3 is 15.7 Å². The molecule has 0 radical (unpaired) electrons. The van der Waals surface area contributed by atoms with Crippen LogP contribution in [0.1, 0.15) is 32.1 Å². The van der Waals surface area contributed by atoms with E-state index in [1.165, 1.54) is 25.3 Å². The maximum absolute atomic E-state index is 11.4. The Morgan fingerprint density at radius 2 is 1.90 bits per heavy atom. The van der Waals surface area contributed by atoms with E-state index in [0.29, 0.717) is 12.6 Å². The molecule has 1 aromatic carbocycles. The predicted molar refractivity (Wildman–Crippen MR) is 83.5 cm³/mol. The Balaban J connectivity index is 2.30. The van der Waals surface area contributed by atoms with Crippen LogP contribution in [0.4, 0.5) is 11.4 Å². The molecule has 0 heterocycles. The first kappa shape index (κ1) is 16.1. The van der Waals surface area contributed by atoms with Crippen LogP contribution < -0.4 is 15.8 Å². The molecular formula is C14H23N3O3S. The SMILES string of the molecule is Nc1cc(N(CCO)C2CCCCC2)ccc1S(N)(=O)=O. The minimum atomic E-state index is -3.81. The van der Waals surface area contributed by atoms with Crippen molar-refractivity contribution in [3.8, 4) is 0 Å². The van der Waals surface area contributed by atoms with Gasteiger partial charge in [0, 0.05) is 18.3 Å². The average Bonchev–Trinajstić information content (AvgIpc) is 2.44. The highest BCUT2D eigenvalue weighted by Gasteiger charge is 2.22. The Kier molecular flexibility index (Phi) is 5.08. The van der Waals surface area contributed by atoms with Gasteiger partial charge in [0.1, 0.15) is 4.90 Å². The maximum atomic E-state index is 11.4. The minimum absolute atomic E-state index is 0.0490. The molecule has 0 spiro atoms. The molecule has 0 amide bonds. The predicted octanol–water partition coefficient (Wildman–Crippen LogP) is 1.05. The fourth-order valence-corrected chi connectivity index (χ4v) is 3.64. The molecule has 7 heteroatoms. The number of hydrogen-bond acceptors (Lipinski definition) is 5. The van der Waals surface area contributed by atoms with Crippen LogP contribution in [-0.2, 0) is 10.0 Å². The first-order valence-electron chi connectivity index (χ1n) is 7.23. The summed E-state index contributed by atoms with van der Waals surface area (Å²) < 4.78 is 22.8. The molecule has 21 heavy (non-hydrogen) atoms. The van der Waals surface area contributed by atoms with Crippen molar-refractivity contribution in [2.24, 2.45) is 5.14 Å². The van der Waals surface area contributed by atoms with E-state index in [9.17, 15) is 13.5 Å². The second-order valence-electron chi connectivity index (χ2n) is 5.48. The van der Waals surface area contributed by atoms with Crippen molar-refractivity contribution in [3.05, 3.63) is 18.2 Å². The van der Waals surface area contributed by atoms with Gasteiger partial charge in [0.15, 0.2) is 0 Å². The molecule has 0 unspecified atom stereocenters. The highest BCUT2D eigenvalue weighted by Crippen LogP contribution is 2.30. The highest BCUT2D eigenvalue weighted by molar-refractivity contribution is 7.89. The van der Waals surface area contributed by atoms with Crippen molar-refractivity contribution in [2.75, 3.05) is 23.8 Å². The Bertz CT molecular complexity index is 583. The zero-order valence-electron chi connectivity index (χ0n) is 12.0. The number of rotatable bonds is 5. The number of primary sulfonamides is 1. The van der Waals surface area contributed by atoms with Crippen LogP contribution in [0.15, 0.2) is 23.1 Å². The quantitative estimate of drug-likeness (QED) is 0.704. The van der Waals surface area contributed by atoms with Crippen LogP contribution in [0.2, 0.25) is 0 Å². The number of nitrogen functional groups attached to an aromatic ring is 1. The molecule has 0 aliphatic heterocycles. The summed E-state index contributed by atoms with van der Waals surface area (Å²) in [4.78, 5) is 2.06. The maximum Gasteiger partial charge on any atom is 0.240 e. The van der Waals surface area contributed by atoms with Crippen molar-refractivity contribution in [1.29, 1.82) is 0 Å². The molecular weight excluding hydrogens is 290 g/mol. The lowest BCUT2D eigenvalue weighted by atomic mass is 9.93. The number of nitrogens with two attached hydrogens (primary N) is 2. The third-order valence-corrected chi connectivity index (χ3v) is 4.97. The molecule has 0 bridgehead atoms. The van der Waals surface area contributed by atoms with Crippen LogP contribution in [-0.4, -0.2) is 32.7 Å². The molecule has 1 aromatic rings. The second kappa shape index (κ2) is 6.64. The van der Waals surface area contributed by atoms with Gasteiger partial charge in [0.05, 0.1) is 12.3 Å². The summed E-state index contributed by atoms with van der Waals surface area (Å²) in [7, 11) is -3.81. The summed E-state index contributed by atoms with van der Waals surface area (Å²) >= 11 is 0. The molecule has 118 valence electrons. The second-order valence-corrected chi connectivity index (χ2v) is 7.01. The van der Waals surface area contributed by atoms with Gasteiger partial charge in [-0.05, 0) is 31.0 Å². The molecule has 5 N–H and O–H groups in total. The molecule has 1 fully saturated rings. The van der Waals surface area contributed by atoms with Crippen LogP contribution in [0.3, 0.4) is 0 Å². The van der Waals surface area contributed by atoms with E-state index in [4.69, 9.17) is 10.9 Å². The summed E-state index contributed by atoms with van der Waals surface area (Å²) in [5.41, 5.74) is 6.80. The summed E-state index contributed by atoms with van der Waals surface area (Å²) in [5.74, 6) is 0. The first-order chi connectivity index (χ1) is 9.93. The van der Waals surface area contributed by atoms with E-state index in [1.54, 1.807) is 12.1 Å². The normalized spacial score (nSPS) is 16.9. The number of nitrogens with zero attached hydrogens (tertiary/aromatic N) is 1. The van der Waals surface area contributed by atoms with Gasteiger partial charge in [-0.15, -0.1) is 0 Å².